The summed E-state index contributed by atoms with van der Waals surface area (Å²) in [5, 5.41) is 13.7. The van der Waals surface area contributed by atoms with Gasteiger partial charge in [-0.1, -0.05) is 17.7 Å². The monoisotopic (exact) mass is 334 g/mol. The summed E-state index contributed by atoms with van der Waals surface area (Å²) in [4.78, 5) is 12.6. The van der Waals surface area contributed by atoms with Gasteiger partial charge < -0.3 is 15.4 Å². The Morgan fingerprint density at radius 2 is 2.26 bits per heavy atom. The maximum absolute atomic E-state index is 12.6. The zero-order valence-corrected chi connectivity index (χ0v) is 13.8. The molecule has 0 bridgehead atoms. The van der Waals surface area contributed by atoms with E-state index < -0.39 is 0 Å². The van der Waals surface area contributed by atoms with Crippen LogP contribution in [0, 0.1) is 0 Å². The lowest BCUT2D eigenvalue weighted by Crippen LogP contribution is -2.25. The van der Waals surface area contributed by atoms with Crippen LogP contribution in [0.5, 0.6) is 5.75 Å². The quantitative estimate of drug-likeness (QED) is 0.803. The number of halogens is 1. The molecular formula is C16H19ClN4O2. The molecule has 0 saturated carbocycles. The number of aromatic nitrogens is 2. The van der Waals surface area contributed by atoms with Crippen molar-refractivity contribution in [2.75, 3.05) is 11.9 Å². The number of para-hydroxylation sites is 1. The lowest BCUT2D eigenvalue weighted by Gasteiger charge is -2.16. The van der Waals surface area contributed by atoms with Gasteiger partial charge in [0.15, 0.2) is 11.4 Å². The summed E-state index contributed by atoms with van der Waals surface area (Å²) in [7, 11) is 0. The fraction of sp³-hybridized carbons (Fsp3) is 0.375. The maximum atomic E-state index is 12.6. The van der Waals surface area contributed by atoms with Gasteiger partial charge in [-0.3, -0.25) is 9.89 Å². The number of hydrogen-bond donors (Lipinski definition) is 3. The summed E-state index contributed by atoms with van der Waals surface area (Å²) in [6, 6.07) is 5.26. The highest BCUT2D eigenvalue weighted by atomic mass is 35.5. The van der Waals surface area contributed by atoms with E-state index in [0.29, 0.717) is 28.7 Å². The van der Waals surface area contributed by atoms with Gasteiger partial charge in [0.1, 0.15) is 0 Å². The van der Waals surface area contributed by atoms with E-state index >= 15 is 0 Å². The average Bonchev–Trinajstić information content (AvgIpc) is 2.94. The molecular weight excluding hydrogens is 316 g/mol. The zero-order chi connectivity index (χ0) is 16.4. The second-order valence-corrected chi connectivity index (χ2v) is 6.10. The van der Waals surface area contributed by atoms with E-state index in [2.05, 4.69) is 20.8 Å². The first kappa shape index (κ1) is 15.8. The van der Waals surface area contributed by atoms with Crippen LogP contribution in [-0.2, 0) is 13.0 Å². The number of benzene rings is 1. The highest BCUT2D eigenvalue weighted by molar-refractivity contribution is 6.32. The summed E-state index contributed by atoms with van der Waals surface area (Å²) in [5.74, 6) is 0.196. The Labute approximate surface area is 139 Å². The first-order valence-electron chi connectivity index (χ1n) is 7.59. The Bertz CT molecular complexity index is 727. The van der Waals surface area contributed by atoms with Gasteiger partial charge in [0.25, 0.3) is 5.91 Å². The molecule has 1 amide bonds. The Kier molecular flexibility index (Phi) is 4.54. The predicted octanol–water partition coefficient (Wildman–Crippen LogP) is 2.75. The molecule has 2 heterocycles. The van der Waals surface area contributed by atoms with Crippen LogP contribution in [0.4, 0.5) is 5.69 Å². The van der Waals surface area contributed by atoms with Crippen LogP contribution >= 0.6 is 11.6 Å². The third-order valence-electron chi connectivity index (χ3n) is 3.59. The number of aromatic amines is 1. The van der Waals surface area contributed by atoms with Gasteiger partial charge in [0.05, 0.1) is 16.8 Å². The molecule has 3 rings (SSSR count). The van der Waals surface area contributed by atoms with Crippen molar-refractivity contribution in [2.45, 2.75) is 32.9 Å². The lowest BCUT2D eigenvalue weighted by atomic mass is 10.1. The van der Waals surface area contributed by atoms with E-state index in [-0.39, 0.29) is 12.0 Å². The largest absolute Gasteiger partial charge is 0.487 e. The first-order chi connectivity index (χ1) is 11.1. The highest BCUT2D eigenvalue weighted by Gasteiger charge is 2.22. The molecule has 0 unspecified atom stereocenters. The van der Waals surface area contributed by atoms with Gasteiger partial charge in [-0.25, -0.2) is 0 Å². The normalized spacial score (nSPS) is 13.7. The molecule has 6 nitrogen and oxygen atoms in total. The van der Waals surface area contributed by atoms with E-state index in [0.717, 1.165) is 24.2 Å². The third kappa shape index (κ3) is 3.33. The summed E-state index contributed by atoms with van der Waals surface area (Å²) in [6.45, 7) is 5.34. The van der Waals surface area contributed by atoms with Crippen molar-refractivity contribution < 1.29 is 9.53 Å². The first-order valence-corrected chi connectivity index (χ1v) is 7.97. The van der Waals surface area contributed by atoms with Crippen LogP contribution in [0.15, 0.2) is 18.2 Å². The number of amides is 1. The smallest absolute Gasteiger partial charge is 0.276 e. The molecule has 0 fully saturated rings. The molecule has 0 aliphatic carbocycles. The third-order valence-corrected chi connectivity index (χ3v) is 3.89. The van der Waals surface area contributed by atoms with Crippen molar-refractivity contribution >= 4 is 23.2 Å². The van der Waals surface area contributed by atoms with Crippen molar-refractivity contribution in [2.24, 2.45) is 0 Å². The molecule has 122 valence electrons. The standard InChI is InChI=1S/C16H19ClN4O2/c1-9(2)23-15-11(17)4-3-5-13(15)19-16(22)14-10-8-18-7-6-12(10)20-21-14/h3-5,9,18H,6-8H2,1-2H3,(H,19,22)(H,20,21). The van der Waals surface area contributed by atoms with Crippen molar-refractivity contribution in [3.8, 4) is 5.75 Å². The van der Waals surface area contributed by atoms with Crippen LogP contribution in [0.2, 0.25) is 5.02 Å². The summed E-state index contributed by atoms with van der Waals surface area (Å²) >= 11 is 6.19. The molecule has 23 heavy (non-hydrogen) atoms. The SMILES string of the molecule is CC(C)Oc1c(Cl)cccc1NC(=O)c1n[nH]c2c1CNCC2. The molecule has 1 aliphatic heterocycles. The molecule has 1 aromatic carbocycles. The van der Waals surface area contributed by atoms with Crippen molar-refractivity contribution in [1.29, 1.82) is 0 Å². The molecule has 0 saturated heterocycles. The Morgan fingerprint density at radius 3 is 3.04 bits per heavy atom. The van der Waals surface area contributed by atoms with E-state index in [1.54, 1.807) is 18.2 Å². The number of anilines is 1. The van der Waals surface area contributed by atoms with Crippen molar-refractivity contribution in [3.05, 3.63) is 40.2 Å². The number of carbonyl (C=O) groups is 1. The number of carbonyl (C=O) groups excluding carboxylic acids is 1. The highest BCUT2D eigenvalue weighted by Crippen LogP contribution is 2.34. The van der Waals surface area contributed by atoms with Crippen LogP contribution in [0.1, 0.15) is 35.6 Å². The summed E-state index contributed by atoms with van der Waals surface area (Å²) in [6.07, 6.45) is 0.794. The van der Waals surface area contributed by atoms with Crippen LogP contribution in [-0.4, -0.2) is 28.8 Å². The van der Waals surface area contributed by atoms with Crippen molar-refractivity contribution in [3.63, 3.8) is 0 Å². The van der Waals surface area contributed by atoms with Gasteiger partial charge in [0.2, 0.25) is 0 Å². The van der Waals surface area contributed by atoms with Crippen LogP contribution in [0.3, 0.4) is 0 Å². The van der Waals surface area contributed by atoms with Gasteiger partial charge in [0, 0.05) is 30.8 Å². The second kappa shape index (κ2) is 6.60. The summed E-state index contributed by atoms with van der Waals surface area (Å²) < 4.78 is 5.72. The minimum Gasteiger partial charge on any atom is -0.487 e. The number of nitrogens with one attached hydrogen (secondary N) is 3. The Hall–Kier alpha value is -2.05. The van der Waals surface area contributed by atoms with E-state index in [1.807, 2.05) is 13.8 Å². The number of rotatable bonds is 4. The van der Waals surface area contributed by atoms with Gasteiger partial charge in [-0.15, -0.1) is 0 Å². The molecule has 3 N–H and O–H groups in total. The number of hydrogen-bond acceptors (Lipinski definition) is 4. The molecule has 0 atom stereocenters. The predicted molar refractivity (Wildman–Crippen MR) is 89.2 cm³/mol. The van der Waals surface area contributed by atoms with Crippen LogP contribution < -0.4 is 15.4 Å². The number of nitrogens with zero attached hydrogens (tertiary/aromatic N) is 1. The van der Waals surface area contributed by atoms with E-state index in [9.17, 15) is 4.79 Å². The fourth-order valence-corrected chi connectivity index (χ4v) is 2.78. The lowest BCUT2D eigenvalue weighted by molar-refractivity contribution is 0.102. The number of ether oxygens (including phenoxy) is 1. The fourth-order valence-electron chi connectivity index (χ4n) is 2.56. The van der Waals surface area contributed by atoms with Crippen molar-refractivity contribution in [1.82, 2.24) is 15.5 Å². The zero-order valence-electron chi connectivity index (χ0n) is 13.1. The summed E-state index contributed by atoms with van der Waals surface area (Å²) in [5.41, 5.74) is 2.88. The average molecular weight is 335 g/mol. The minimum absolute atomic E-state index is 0.0482. The minimum atomic E-state index is -0.276. The number of H-pyrrole nitrogens is 1. The van der Waals surface area contributed by atoms with Gasteiger partial charge in [-0.05, 0) is 26.0 Å². The Morgan fingerprint density at radius 1 is 1.43 bits per heavy atom. The van der Waals surface area contributed by atoms with Gasteiger partial charge in [-0.2, -0.15) is 5.10 Å². The molecule has 0 spiro atoms. The second-order valence-electron chi connectivity index (χ2n) is 5.69. The van der Waals surface area contributed by atoms with E-state index in [1.165, 1.54) is 0 Å². The Balaban J connectivity index is 1.86. The molecule has 0 radical (unpaired) electrons. The molecule has 7 heteroatoms. The molecule has 1 aliphatic rings. The topological polar surface area (TPSA) is 79.0 Å². The maximum Gasteiger partial charge on any atom is 0.276 e. The molecule has 1 aromatic heterocycles. The van der Waals surface area contributed by atoms with Gasteiger partial charge >= 0.3 is 0 Å². The van der Waals surface area contributed by atoms with Crippen LogP contribution in [0.25, 0.3) is 0 Å². The molecule has 2 aromatic rings. The number of fused-ring (bicyclic) bond motifs is 1. The van der Waals surface area contributed by atoms with E-state index in [4.69, 9.17) is 16.3 Å².